The van der Waals surface area contributed by atoms with Gasteiger partial charge in [-0.25, -0.2) is 4.90 Å². The average Bonchev–Trinajstić information content (AvgIpc) is 3.33. The molecule has 1 saturated heterocycles. The average molecular weight is 324 g/mol. The number of rotatable bonds is 2. The minimum atomic E-state index is -0.499. The Labute approximate surface area is 138 Å². The number of nitro benzene ring substituents is 1. The molecule has 0 spiro atoms. The number of hydrogen-bond donors (Lipinski definition) is 0. The van der Waals surface area contributed by atoms with Crippen LogP contribution >= 0.6 is 0 Å². The van der Waals surface area contributed by atoms with E-state index < -0.39 is 4.92 Å². The zero-order chi connectivity index (χ0) is 16.7. The summed E-state index contributed by atoms with van der Waals surface area (Å²) in [6, 6.07) is 4.34. The van der Waals surface area contributed by atoms with E-state index in [0.29, 0.717) is 23.1 Å². The molecule has 1 heterocycles. The summed E-state index contributed by atoms with van der Waals surface area (Å²) in [5.41, 5.74) is 0.961. The Morgan fingerprint density at radius 2 is 1.67 bits per heavy atom. The van der Waals surface area contributed by atoms with E-state index >= 15 is 0 Å². The molecule has 122 valence electrons. The molecule has 6 unspecified atom stereocenters. The molecular weight excluding hydrogens is 308 g/mol. The summed E-state index contributed by atoms with van der Waals surface area (Å²) in [5, 5.41) is 11.1. The monoisotopic (exact) mass is 324 g/mol. The lowest BCUT2D eigenvalue weighted by Gasteiger charge is -2.37. The quantitative estimate of drug-likeness (QED) is 0.362. The highest BCUT2D eigenvalue weighted by Crippen LogP contribution is 2.65. The lowest BCUT2D eigenvalue weighted by Crippen LogP contribution is -2.40. The van der Waals surface area contributed by atoms with E-state index in [9.17, 15) is 19.7 Å². The molecule has 6 heteroatoms. The highest BCUT2D eigenvalue weighted by molar-refractivity contribution is 6.23. The van der Waals surface area contributed by atoms with Crippen LogP contribution < -0.4 is 4.90 Å². The van der Waals surface area contributed by atoms with Gasteiger partial charge < -0.3 is 0 Å². The van der Waals surface area contributed by atoms with Crippen LogP contribution in [-0.2, 0) is 9.59 Å². The summed E-state index contributed by atoms with van der Waals surface area (Å²) in [6.45, 7) is 1.77. The number of nitro groups is 1. The first-order valence-electron chi connectivity index (χ1n) is 8.30. The highest BCUT2D eigenvalue weighted by atomic mass is 16.6. The minimum absolute atomic E-state index is 0.102. The molecule has 1 aromatic rings. The van der Waals surface area contributed by atoms with Crippen LogP contribution in [0.15, 0.2) is 30.4 Å². The lowest BCUT2D eigenvalue weighted by molar-refractivity contribution is -0.384. The van der Waals surface area contributed by atoms with E-state index in [4.69, 9.17) is 0 Å². The van der Waals surface area contributed by atoms with Gasteiger partial charge in [0.1, 0.15) is 0 Å². The summed E-state index contributed by atoms with van der Waals surface area (Å²) in [4.78, 5) is 37.9. The van der Waals surface area contributed by atoms with Gasteiger partial charge in [-0.15, -0.1) is 0 Å². The Morgan fingerprint density at radius 1 is 1.08 bits per heavy atom. The minimum Gasteiger partial charge on any atom is -0.274 e. The molecule has 1 aliphatic heterocycles. The molecule has 2 saturated carbocycles. The van der Waals surface area contributed by atoms with Crippen LogP contribution in [0.2, 0.25) is 0 Å². The smallest absolute Gasteiger partial charge is 0.271 e. The van der Waals surface area contributed by atoms with Crippen molar-refractivity contribution in [3.05, 3.63) is 46.0 Å². The number of amides is 2. The fraction of sp³-hybridized carbons (Fsp3) is 0.444. The van der Waals surface area contributed by atoms with Crippen LogP contribution in [0.25, 0.3) is 0 Å². The third kappa shape index (κ3) is 1.56. The zero-order valence-electron chi connectivity index (χ0n) is 13.1. The Kier molecular flexibility index (Phi) is 2.50. The third-order valence-electron chi connectivity index (χ3n) is 6.31. The fourth-order valence-corrected chi connectivity index (χ4v) is 5.15. The van der Waals surface area contributed by atoms with Crippen LogP contribution in [-0.4, -0.2) is 16.7 Å². The van der Waals surface area contributed by atoms with Crippen LogP contribution in [0.4, 0.5) is 11.4 Å². The maximum Gasteiger partial charge on any atom is 0.271 e. The van der Waals surface area contributed by atoms with Gasteiger partial charge in [-0.3, -0.25) is 19.7 Å². The van der Waals surface area contributed by atoms with Gasteiger partial charge in [0, 0.05) is 12.1 Å². The van der Waals surface area contributed by atoms with Crippen molar-refractivity contribution in [3.8, 4) is 0 Å². The lowest BCUT2D eigenvalue weighted by atomic mass is 9.63. The van der Waals surface area contributed by atoms with Gasteiger partial charge in [0.15, 0.2) is 0 Å². The van der Waals surface area contributed by atoms with E-state index in [2.05, 4.69) is 12.2 Å². The number of carbonyl (C=O) groups excluding carboxylic acids is 2. The largest absolute Gasteiger partial charge is 0.274 e. The van der Waals surface area contributed by atoms with E-state index in [1.165, 1.54) is 17.0 Å². The van der Waals surface area contributed by atoms with E-state index in [0.717, 1.165) is 6.42 Å². The number of nitrogens with zero attached hydrogens (tertiary/aromatic N) is 2. The molecule has 6 atom stereocenters. The first-order chi connectivity index (χ1) is 11.5. The molecule has 6 nitrogen and oxygen atoms in total. The number of benzene rings is 1. The number of allylic oxidation sites excluding steroid dienone is 2. The predicted molar refractivity (Wildman–Crippen MR) is 85.0 cm³/mol. The number of imide groups is 1. The molecule has 2 amide bonds. The first-order valence-corrected chi connectivity index (χ1v) is 8.30. The SMILES string of the molecule is Cc1ccc([N+](=O)[O-])cc1N1C(=O)C2C3C=CC(C4CC34)C2C1=O. The summed E-state index contributed by atoms with van der Waals surface area (Å²) < 4.78 is 0. The van der Waals surface area contributed by atoms with Gasteiger partial charge in [0.2, 0.25) is 11.8 Å². The molecule has 0 N–H and O–H groups in total. The van der Waals surface area contributed by atoms with Crippen molar-refractivity contribution < 1.29 is 14.5 Å². The fourth-order valence-electron chi connectivity index (χ4n) is 5.15. The molecule has 0 aromatic heterocycles. The summed E-state index contributed by atoms with van der Waals surface area (Å²) in [5.74, 6) is 0.477. The Balaban J connectivity index is 1.60. The standard InChI is InChI=1S/C18H16N2O4/c1-8-2-3-9(20(23)24)6-14(8)19-17(21)15-10-4-5-11(13-7-12(10)13)16(15)18(19)22/h2-6,10-13,15-16H,7H2,1H3. The van der Waals surface area contributed by atoms with E-state index in [1.807, 2.05) is 0 Å². The topological polar surface area (TPSA) is 80.5 Å². The molecule has 0 radical (unpaired) electrons. The number of carbonyl (C=O) groups is 2. The van der Waals surface area contributed by atoms with Gasteiger partial charge in [0.25, 0.3) is 5.69 Å². The van der Waals surface area contributed by atoms with Crippen molar-refractivity contribution in [1.82, 2.24) is 0 Å². The molecule has 24 heavy (non-hydrogen) atoms. The van der Waals surface area contributed by atoms with Crippen molar-refractivity contribution in [2.24, 2.45) is 35.5 Å². The summed E-state index contributed by atoms with van der Waals surface area (Å²) in [7, 11) is 0. The Hall–Kier alpha value is -2.50. The number of hydrogen-bond acceptors (Lipinski definition) is 4. The van der Waals surface area contributed by atoms with Crippen LogP contribution in [0.5, 0.6) is 0 Å². The van der Waals surface area contributed by atoms with E-state index in [-0.39, 0.29) is 41.2 Å². The molecular formula is C18H16N2O4. The Morgan fingerprint density at radius 3 is 2.21 bits per heavy atom. The van der Waals surface area contributed by atoms with Gasteiger partial charge in [0.05, 0.1) is 22.4 Å². The van der Waals surface area contributed by atoms with Crippen molar-refractivity contribution in [2.75, 3.05) is 4.90 Å². The number of anilines is 1. The van der Waals surface area contributed by atoms with Crippen LogP contribution in [0.1, 0.15) is 12.0 Å². The van der Waals surface area contributed by atoms with Crippen molar-refractivity contribution in [2.45, 2.75) is 13.3 Å². The number of non-ortho nitro benzene ring substituents is 1. The highest BCUT2D eigenvalue weighted by Gasteiger charge is 2.67. The second kappa shape index (κ2) is 4.32. The van der Waals surface area contributed by atoms with Crippen molar-refractivity contribution in [3.63, 3.8) is 0 Å². The zero-order valence-corrected chi connectivity index (χ0v) is 13.1. The van der Waals surface area contributed by atoms with Crippen LogP contribution in [0.3, 0.4) is 0 Å². The molecule has 6 rings (SSSR count). The third-order valence-corrected chi connectivity index (χ3v) is 6.31. The molecule has 1 aromatic carbocycles. The normalized spacial score (nSPS) is 38.3. The molecule has 3 fully saturated rings. The molecule has 2 bridgehead atoms. The second-order valence-electron chi connectivity index (χ2n) is 7.39. The molecule has 4 aliphatic carbocycles. The Bertz CT molecular complexity index is 809. The maximum atomic E-state index is 13.0. The number of aryl methyl sites for hydroxylation is 1. The van der Waals surface area contributed by atoms with E-state index in [1.54, 1.807) is 13.0 Å². The second-order valence-corrected chi connectivity index (χ2v) is 7.39. The molecule has 5 aliphatic rings. The van der Waals surface area contributed by atoms with Gasteiger partial charge in [-0.1, -0.05) is 18.2 Å². The van der Waals surface area contributed by atoms with Crippen molar-refractivity contribution >= 4 is 23.2 Å². The van der Waals surface area contributed by atoms with Gasteiger partial charge in [-0.05, 0) is 42.6 Å². The van der Waals surface area contributed by atoms with Gasteiger partial charge in [-0.2, -0.15) is 0 Å². The van der Waals surface area contributed by atoms with Crippen LogP contribution in [0, 0.1) is 52.5 Å². The summed E-state index contributed by atoms with van der Waals surface area (Å²) in [6.07, 6.45) is 5.36. The van der Waals surface area contributed by atoms with Gasteiger partial charge >= 0.3 is 0 Å². The predicted octanol–water partition coefficient (Wildman–Crippen LogP) is 2.46. The first kappa shape index (κ1) is 13.9. The van der Waals surface area contributed by atoms with Crippen molar-refractivity contribution in [1.29, 1.82) is 0 Å². The summed E-state index contributed by atoms with van der Waals surface area (Å²) >= 11 is 0. The maximum absolute atomic E-state index is 13.0.